The van der Waals surface area contributed by atoms with Crippen molar-refractivity contribution in [2.45, 2.75) is 19.4 Å². The molecule has 0 heterocycles. The maximum Gasteiger partial charge on any atom is 0.254 e. The minimum Gasteiger partial charge on any atom is -0.377 e. The highest BCUT2D eigenvalue weighted by Gasteiger charge is 1.95. The van der Waals surface area contributed by atoms with E-state index in [2.05, 4.69) is 16.0 Å². The molecule has 0 aliphatic carbocycles. The van der Waals surface area contributed by atoms with Crippen molar-refractivity contribution < 1.29 is 14.4 Å². The molecule has 0 radical (unpaired) electrons. The molecule has 0 saturated heterocycles. The van der Waals surface area contributed by atoms with Gasteiger partial charge in [-0.1, -0.05) is 30.3 Å². The van der Waals surface area contributed by atoms with Crippen LogP contribution in [0.25, 0.3) is 0 Å². The second-order valence-electron chi connectivity index (χ2n) is 3.99. The van der Waals surface area contributed by atoms with Crippen molar-refractivity contribution in [2.75, 3.05) is 13.2 Å². The van der Waals surface area contributed by atoms with Crippen LogP contribution in [0.2, 0.25) is 0 Å². The zero-order chi connectivity index (χ0) is 15.2. The molecule has 1 amide bonds. The normalized spacial score (nSPS) is 10.2. The van der Waals surface area contributed by atoms with Gasteiger partial charge in [0.25, 0.3) is 5.91 Å². The van der Waals surface area contributed by atoms with E-state index in [0.717, 1.165) is 12.0 Å². The lowest BCUT2D eigenvalue weighted by molar-refractivity contribution is -0.120. The number of carbonyl (C=O) groups excluding carboxylic acids is 1. The summed E-state index contributed by atoms with van der Waals surface area (Å²) in [5.74, 6) is -0.468. The fourth-order valence-corrected chi connectivity index (χ4v) is 1.34. The van der Waals surface area contributed by atoms with Crippen LogP contribution in [0.15, 0.2) is 35.4 Å². The summed E-state index contributed by atoms with van der Waals surface area (Å²) in [6.45, 7) is 1.63. The summed E-state index contributed by atoms with van der Waals surface area (Å²) in [5.41, 5.74) is 5.74. The first-order valence-corrected chi connectivity index (χ1v) is 6.49. The fraction of sp³-hybridized carbons (Fsp3) is 0.357. The third kappa shape index (κ3) is 9.15. The number of benzene rings is 1. The number of rotatable bonds is 10. The van der Waals surface area contributed by atoms with Crippen molar-refractivity contribution in [1.82, 2.24) is 10.9 Å². The number of nitrogens with one attached hydrogen (secondary N) is 2. The Kier molecular flexibility index (Phi) is 9.03. The van der Waals surface area contributed by atoms with Gasteiger partial charge in [0.15, 0.2) is 0 Å². The van der Waals surface area contributed by atoms with Gasteiger partial charge < -0.3 is 4.74 Å². The van der Waals surface area contributed by atoms with Crippen LogP contribution < -0.4 is 10.9 Å². The first kappa shape index (κ1) is 16.6. The Balaban J connectivity index is 1.90. The molecule has 1 rings (SSSR count). The highest BCUT2D eigenvalue weighted by Crippen LogP contribution is 2.00. The van der Waals surface area contributed by atoms with E-state index >= 15 is 0 Å². The van der Waals surface area contributed by atoms with E-state index < -0.39 is 5.91 Å². The lowest BCUT2D eigenvalue weighted by Gasteiger charge is -2.04. The number of carbonyl (C=O) groups is 1. The van der Waals surface area contributed by atoms with Crippen molar-refractivity contribution in [3.8, 4) is 6.07 Å². The van der Waals surface area contributed by atoms with Crippen molar-refractivity contribution in [1.29, 1.82) is 5.26 Å². The Bertz CT molecular complexity index is 471. The Morgan fingerprint density at radius 2 is 2.14 bits per heavy atom. The van der Waals surface area contributed by atoms with Crippen LogP contribution in [0.5, 0.6) is 0 Å². The maximum absolute atomic E-state index is 10.8. The molecule has 0 spiro atoms. The molecular formula is C14H18N4O3. The lowest BCUT2D eigenvalue weighted by atomic mass is 10.2. The molecule has 0 aromatic heterocycles. The van der Waals surface area contributed by atoms with Crippen LogP contribution in [0.4, 0.5) is 0 Å². The van der Waals surface area contributed by atoms with Gasteiger partial charge in [-0.15, -0.1) is 0 Å². The number of hydrazone groups is 1. The molecule has 1 aromatic rings. The van der Waals surface area contributed by atoms with Gasteiger partial charge in [0.1, 0.15) is 12.8 Å². The molecule has 7 heteroatoms. The van der Waals surface area contributed by atoms with Gasteiger partial charge in [-0.2, -0.15) is 10.4 Å². The smallest absolute Gasteiger partial charge is 0.254 e. The molecular weight excluding hydrogens is 272 g/mol. The molecule has 0 aliphatic heterocycles. The molecule has 21 heavy (non-hydrogen) atoms. The zero-order valence-corrected chi connectivity index (χ0v) is 11.6. The van der Waals surface area contributed by atoms with Crippen molar-refractivity contribution in [2.24, 2.45) is 5.10 Å². The third-order valence-electron chi connectivity index (χ3n) is 2.28. The summed E-state index contributed by atoms with van der Waals surface area (Å²) in [6.07, 6.45) is 1.70. The van der Waals surface area contributed by atoms with Crippen LogP contribution in [0, 0.1) is 11.3 Å². The summed E-state index contributed by atoms with van der Waals surface area (Å²) in [4.78, 5) is 15.9. The van der Waals surface area contributed by atoms with E-state index in [1.807, 2.05) is 30.3 Å². The van der Waals surface area contributed by atoms with Crippen LogP contribution in [-0.2, 0) is 21.0 Å². The molecule has 7 nitrogen and oxygen atoms in total. The maximum atomic E-state index is 10.8. The second-order valence-corrected chi connectivity index (χ2v) is 3.99. The summed E-state index contributed by atoms with van der Waals surface area (Å²) in [7, 11) is 0. The SMILES string of the molecule is N#CCC(=O)N/N=C/NOCCCOCc1ccccc1. The second kappa shape index (κ2) is 11.4. The summed E-state index contributed by atoms with van der Waals surface area (Å²) < 4.78 is 5.48. The highest BCUT2D eigenvalue weighted by atomic mass is 16.6. The van der Waals surface area contributed by atoms with Crippen molar-refractivity contribution in [3.63, 3.8) is 0 Å². The average molecular weight is 290 g/mol. The molecule has 0 saturated carbocycles. The number of hydrogen-bond acceptors (Lipinski definition) is 5. The predicted molar refractivity (Wildman–Crippen MR) is 76.7 cm³/mol. The van der Waals surface area contributed by atoms with Gasteiger partial charge in [0.05, 0.1) is 19.3 Å². The van der Waals surface area contributed by atoms with Crippen molar-refractivity contribution in [3.05, 3.63) is 35.9 Å². The minimum atomic E-state index is -0.468. The highest BCUT2D eigenvalue weighted by molar-refractivity contribution is 5.78. The molecule has 0 aliphatic rings. The number of ether oxygens (including phenoxy) is 1. The van der Waals surface area contributed by atoms with Gasteiger partial charge in [-0.3, -0.25) is 15.1 Å². The van der Waals surface area contributed by atoms with Gasteiger partial charge in [0.2, 0.25) is 0 Å². The van der Waals surface area contributed by atoms with Gasteiger partial charge >= 0.3 is 0 Å². The number of hydroxylamine groups is 1. The number of nitrogens with zero attached hydrogens (tertiary/aromatic N) is 2. The first-order valence-electron chi connectivity index (χ1n) is 6.49. The van der Waals surface area contributed by atoms with Gasteiger partial charge in [-0.05, 0) is 12.0 Å². The van der Waals surface area contributed by atoms with Crippen LogP contribution in [0.1, 0.15) is 18.4 Å². The third-order valence-corrected chi connectivity index (χ3v) is 2.28. The molecule has 0 atom stereocenters. The average Bonchev–Trinajstić information content (AvgIpc) is 2.50. The topological polar surface area (TPSA) is 95.7 Å². The first-order chi connectivity index (χ1) is 10.3. The van der Waals surface area contributed by atoms with E-state index in [-0.39, 0.29) is 6.42 Å². The summed E-state index contributed by atoms with van der Waals surface area (Å²) >= 11 is 0. The molecule has 0 unspecified atom stereocenters. The predicted octanol–water partition coefficient (Wildman–Crippen LogP) is 1.09. The van der Waals surface area contributed by atoms with E-state index in [9.17, 15) is 4.79 Å². The molecule has 0 fully saturated rings. The Hall–Kier alpha value is -2.43. The molecule has 112 valence electrons. The van der Waals surface area contributed by atoms with E-state index in [1.165, 1.54) is 6.34 Å². The Labute approximate surface area is 123 Å². The minimum absolute atomic E-state index is 0.225. The largest absolute Gasteiger partial charge is 0.377 e. The summed E-state index contributed by atoms with van der Waals surface area (Å²) in [5, 5.41) is 11.8. The number of hydrogen-bond donors (Lipinski definition) is 2. The quantitative estimate of drug-likeness (QED) is 0.291. The van der Waals surface area contributed by atoms with E-state index in [0.29, 0.717) is 19.8 Å². The van der Waals surface area contributed by atoms with Gasteiger partial charge in [-0.25, -0.2) is 5.43 Å². The number of amides is 1. The van der Waals surface area contributed by atoms with Crippen molar-refractivity contribution >= 4 is 12.2 Å². The van der Waals surface area contributed by atoms with Crippen LogP contribution >= 0.6 is 0 Å². The Morgan fingerprint density at radius 3 is 2.90 bits per heavy atom. The van der Waals surface area contributed by atoms with E-state index in [4.69, 9.17) is 14.8 Å². The number of nitriles is 1. The zero-order valence-electron chi connectivity index (χ0n) is 11.6. The standard InChI is InChI=1S/C14H18N4O3/c15-8-7-14(19)18-16-12-17-21-10-4-9-20-11-13-5-2-1-3-6-13/h1-3,5-6,12H,4,7,9-11H2,(H,16,17)(H,18,19). The lowest BCUT2D eigenvalue weighted by Crippen LogP contribution is -2.20. The fourth-order valence-electron chi connectivity index (χ4n) is 1.34. The van der Waals surface area contributed by atoms with Gasteiger partial charge in [0, 0.05) is 6.61 Å². The molecule has 2 N–H and O–H groups in total. The summed E-state index contributed by atoms with van der Waals surface area (Å²) in [6, 6.07) is 11.6. The molecule has 0 bridgehead atoms. The monoisotopic (exact) mass is 290 g/mol. The van der Waals surface area contributed by atoms with Crippen LogP contribution in [0.3, 0.4) is 0 Å². The van der Waals surface area contributed by atoms with Crippen LogP contribution in [-0.4, -0.2) is 25.5 Å². The Morgan fingerprint density at radius 1 is 1.33 bits per heavy atom. The molecule has 1 aromatic carbocycles. The van der Waals surface area contributed by atoms with E-state index in [1.54, 1.807) is 6.07 Å².